The van der Waals surface area contributed by atoms with Crippen molar-refractivity contribution in [1.29, 1.82) is 5.26 Å². The Morgan fingerprint density at radius 3 is 2.65 bits per heavy atom. The van der Waals surface area contributed by atoms with E-state index in [4.69, 9.17) is 5.26 Å². The van der Waals surface area contributed by atoms with Crippen LogP contribution in [0, 0.1) is 11.3 Å². The van der Waals surface area contributed by atoms with E-state index < -0.39 is 12.6 Å². The Bertz CT molecular complexity index is 393. The van der Waals surface area contributed by atoms with Crippen molar-refractivity contribution in [2.24, 2.45) is 0 Å². The van der Waals surface area contributed by atoms with Crippen LogP contribution in [0.3, 0.4) is 0 Å². The standard InChI is InChI=1S/C12H13F3N2/c13-12(14,15)6-1-2-7-17-11-5-3-4-10(8-11)9-16/h3-5,8,17H,1-2,6-7H2. The van der Waals surface area contributed by atoms with Gasteiger partial charge < -0.3 is 5.32 Å². The van der Waals surface area contributed by atoms with E-state index in [0.717, 1.165) is 5.69 Å². The lowest BCUT2D eigenvalue weighted by Crippen LogP contribution is -2.08. The van der Waals surface area contributed by atoms with E-state index >= 15 is 0 Å². The van der Waals surface area contributed by atoms with Gasteiger partial charge >= 0.3 is 6.18 Å². The Balaban J connectivity index is 2.25. The largest absolute Gasteiger partial charge is 0.389 e. The van der Waals surface area contributed by atoms with E-state index in [1.165, 1.54) is 0 Å². The third-order valence-corrected chi connectivity index (χ3v) is 2.21. The van der Waals surface area contributed by atoms with Crippen LogP contribution in [0.5, 0.6) is 0 Å². The summed E-state index contributed by atoms with van der Waals surface area (Å²) in [5.74, 6) is 0. The predicted molar refractivity (Wildman–Crippen MR) is 59.6 cm³/mol. The van der Waals surface area contributed by atoms with Gasteiger partial charge in [0, 0.05) is 18.7 Å². The average Bonchev–Trinajstić information content (AvgIpc) is 2.27. The van der Waals surface area contributed by atoms with Gasteiger partial charge in [0.25, 0.3) is 0 Å². The molecule has 0 atom stereocenters. The first-order valence-corrected chi connectivity index (χ1v) is 5.32. The molecule has 0 aliphatic heterocycles. The van der Waals surface area contributed by atoms with E-state index in [1.807, 2.05) is 6.07 Å². The Hall–Kier alpha value is -1.70. The van der Waals surface area contributed by atoms with Crippen molar-refractivity contribution < 1.29 is 13.2 Å². The summed E-state index contributed by atoms with van der Waals surface area (Å²) in [5.41, 5.74) is 1.29. The highest BCUT2D eigenvalue weighted by molar-refractivity contribution is 5.48. The van der Waals surface area contributed by atoms with Crippen LogP contribution in [0.2, 0.25) is 0 Å². The van der Waals surface area contributed by atoms with Crippen LogP contribution in [0.1, 0.15) is 24.8 Å². The van der Waals surface area contributed by atoms with Crippen LogP contribution in [0.25, 0.3) is 0 Å². The van der Waals surface area contributed by atoms with Crippen LogP contribution >= 0.6 is 0 Å². The van der Waals surface area contributed by atoms with E-state index in [2.05, 4.69) is 5.32 Å². The molecule has 0 aromatic heterocycles. The maximum absolute atomic E-state index is 11.8. The monoisotopic (exact) mass is 242 g/mol. The fraction of sp³-hybridized carbons (Fsp3) is 0.417. The van der Waals surface area contributed by atoms with E-state index in [9.17, 15) is 13.2 Å². The van der Waals surface area contributed by atoms with E-state index in [-0.39, 0.29) is 6.42 Å². The molecule has 0 unspecified atom stereocenters. The molecule has 2 nitrogen and oxygen atoms in total. The lowest BCUT2D eigenvalue weighted by molar-refractivity contribution is -0.135. The molecule has 1 aromatic rings. The second-order valence-corrected chi connectivity index (χ2v) is 3.69. The molecule has 0 saturated carbocycles. The first-order valence-electron chi connectivity index (χ1n) is 5.32. The van der Waals surface area contributed by atoms with Gasteiger partial charge in [0.2, 0.25) is 0 Å². The Labute approximate surface area is 98.1 Å². The maximum atomic E-state index is 11.8. The number of nitrogens with one attached hydrogen (secondary N) is 1. The highest BCUT2D eigenvalue weighted by Crippen LogP contribution is 2.22. The molecule has 5 heteroatoms. The van der Waals surface area contributed by atoms with Crippen LogP contribution in [-0.2, 0) is 0 Å². The number of unbranched alkanes of at least 4 members (excludes halogenated alkanes) is 1. The first kappa shape index (κ1) is 13.4. The van der Waals surface area contributed by atoms with Gasteiger partial charge in [-0.2, -0.15) is 18.4 Å². The summed E-state index contributed by atoms with van der Waals surface area (Å²) >= 11 is 0. The van der Waals surface area contributed by atoms with Crippen molar-refractivity contribution in [2.45, 2.75) is 25.4 Å². The first-order chi connectivity index (χ1) is 8.01. The van der Waals surface area contributed by atoms with Crippen molar-refractivity contribution in [3.63, 3.8) is 0 Å². The van der Waals surface area contributed by atoms with Gasteiger partial charge in [-0.1, -0.05) is 6.07 Å². The molecule has 1 aromatic carbocycles. The molecule has 0 heterocycles. The normalized spacial score (nSPS) is 10.9. The highest BCUT2D eigenvalue weighted by atomic mass is 19.4. The Kier molecular flexibility index (Phi) is 4.83. The maximum Gasteiger partial charge on any atom is 0.389 e. The number of rotatable bonds is 5. The summed E-state index contributed by atoms with van der Waals surface area (Å²) in [6, 6.07) is 8.86. The summed E-state index contributed by atoms with van der Waals surface area (Å²) in [6.45, 7) is 0.477. The number of alkyl halides is 3. The number of anilines is 1. The second-order valence-electron chi connectivity index (χ2n) is 3.69. The lowest BCUT2D eigenvalue weighted by atomic mass is 10.2. The number of hydrogen-bond donors (Lipinski definition) is 1. The second kappa shape index (κ2) is 6.14. The summed E-state index contributed by atoms with van der Waals surface area (Å²) in [6.07, 6.45) is -4.24. The fourth-order valence-electron chi connectivity index (χ4n) is 1.38. The minimum Gasteiger partial charge on any atom is -0.385 e. The zero-order chi connectivity index (χ0) is 12.7. The van der Waals surface area contributed by atoms with Crippen LogP contribution in [0.4, 0.5) is 18.9 Å². The molecule has 92 valence electrons. The fourth-order valence-corrected chi connectivity index (χ4v) is 1.38. The molecular weight excluding hydrogens is 229 g/mol. The SMILES string of the molecule is N#Cc1cccc(NCCCCC(F)(F)F)c1. The summed E-state index contributed by atoms with van der Waals surface area (Å²) in [5, 5.41) is 11.6. The molecule has 17 heavy (non-hydrogen) atoms. The van der Waals surface area contributed by atoms with E-state index in [0.29, 0.717) is 18.5 Å². The molecule has 0 aliphatic rings. The van der Waals surface area contributed by atoms with Crippen molar-refractivity contribution in [3.8, 4) is 6.07 Å². The molecule has 0 fully saturated rings. The third kappa shape index (κ3) is 5.81. The minimum absolute atomic E-state index is 0.119. The summed E-state index contributed by atoms with van der Waals surface area (Å²) in [7, 11) is 0. The van der Waals surface area contributed by atoms with Crippen LogP contribution in [-0.4, -0.2) is 12.7 Å². The zero-order valence-electron chi connectivity index (χ0n) is 9.22. The van der Waals surface area contributed by atoms with Gasteiger partial charge in [-0.3, -0.25) is 0 Å². The predicted octanol–water partition coefficient (Wildman–Crippen LogP) is 3.70. The zero-order valence-corrected chi connectivity index (χ0v) is 9.22. The molecule has 0 spiro atoms. The van der Waals surface area contributed by atoms with Gasteiger partial charge in [-0.05, 0) is 31.0 Å². The van der Waals surface area contributed by atoms with Gasteiger partial charge in [0.1, 0.15) is 0 Å². The van der Waals surface area contributed by atoms with Crippen molar-refractivity contribution >= 4 is 5.69 Å². The van der Waals surface area contributed by atoms with Gasteiger partial charge in [0.15, 0.2) is 0 Å². The quantitative estimate of drug-likeness (QED) is 0.799. The van der Waals surface area contributed by atoms with Crippen molar-refractivity contribution in [2.75, 3.05) is 11.9 Å². The Morgan fingerprint density at radius 1 is 1.24 bits per heavy atom. The molecule has 0 bridgehead atoms. The topological polar surface area (TPSA) is 35.8 Å². The van der Waals surface area contributed by atoms with Gasteiger partial charge in [0.05, 0.1) is 11.6 Å². The molecule has 1 rings (SSSR count). The number of nitrogens with zero attached hydrogens (tertiary/aromatic N) is 1. The lowest BCUT2D eigenvalue weighted by Gasteiger charge is -2.08. The molecule has 0 radical (unpaired) electrons. The van der Waals surface area contributed by atoms with Gasteiger partial charge in [-0.15, -0.1) is 0 Å². The number of hydrogen-bond acceptors (Lipinski definition) is 2. The van der Waals surface area contributed by atoms with E-state index in [1.54, 1.807) is 24.3 Å². The Morgan fingerprint density at radius 2 is 2.00 bits per heavy atom. The van der Waals surface area contributed by atoms with Gasteiger partial charge in [-0.25, -0.2) is 0 Å². The molecule has 0 amide bonds. The van der Waals surface area contributed by atoms with Crippen molar-refractivity contribution in [3.05, 3.63) is 29.8 Å². The number of halogens is 3. The average molecular weight is 242 g/mol. The summed E-state index contributed by atoms with van der Waals surface area (Å²) in [4.78, 5) is 0. The van der Waals surface area contributed by atoms with Crippen molar-refractivity contribution in [1.82, 2.24) is 0 Å². The molecule has 0 aliphatic carbocycles. The number of benzene rings is 1. The molecule has 0 saturated heterocycles. The number of nitriles is 1. The van der Waals surface area contributed by atoms with Crippen LogP contribution < -0.4 is 5.32 Å². The highest BCUT2D eigenvalue weighted by Gasteiger charge is 2.25. The summed E-state index contributed by atoms with van der Waals surface area (Å²) < 4.78 is 35.5. The third-order valence-electron chi connectivity index (χ3n) is 2.21. The minimum atomic E-state index is -4.07. The van der Waals surface area contributed by atoms with Crippen LogP contribution in [0.15, 0.2) is 24.3 Å². The molecular formula is C12H13F3N2. The molecule has 1 N–H and O–H groups in total. The smallest absolute Gasteiger partial charge is 0.385 e.